The minimum absolute atomic E-state index is 0.148. The molecule has 0 amide bonds. The van der Waals surface area contributed by atoms with Crippen LogP contribution in [0, 0.1) is 0 Å². The van der Waals surface area contributed by atoms with Gasteiger partial charge in [-0.1, -0.05) is 61.6 Å². The number of benzene rings is 1. The van der Waals surface area contributed by atoms with E-state index in [-0.39, 0.29) is 5.41 Å². The molecular weight excluding hydrogens is 394 g/mol. The highest BCUT2D eigenvalue weighted by molar-refractivity contribution is 9.10. The molecule has 0 aliphatic heterocycles. The predicted molar refractivity (Wildman–Crippen MR) is 92.7 cm³/mol. The molecular formula is C15H14BrCl3N2. The van der Waals surface area contributed by atoms with Gasteiger partial charge in [0.05, 0.1) is 10.2 Å². The zero-order valence-corrected chi connectivity index (χ0v) is 15.7. The van der Waals surface area contributed by atoms with Gasteiger partial charge in [-0.25, -0.2) is 9.97 Å². The molecule has 112 valence electrons. The van der Waals surface area contributed by atoms with Crippen LogP contribution in [0.4, 0.5) is 0 Å². The summed E-state index contributed by atoms with van der Waals surface area (Å²) in [6, 6.07) is 5.41. The van der Waals surface area contributed by atoms with Crippen LogP contribution in [0.3, 0.4) is 0 Å². The molecule has 0 fully saturated rings. The fourth-order valence-electron chi connectivity index (χ4n) is 1.90. The molecule has 0 saturated carbocycles. The second-order valence-corrected chi connectivity index (χ2v) is 7.69. The maximum absolute atomic E-state index is 6.21. The van der Waals surface area contributed by atoms with E-state index in [1.165, 1.54) is 0 Å². The molecule has 2 aromatic rings. The number of nitrogens with zero attached hydrogens (tertiary/aromatic N) is 2. The van der Waals surface area contributed by atoms with Crippen molar-refractivity contribution >= 4 is 50.7 Å². The molecule has 0 radical (unpaired) electrons. The van der Waals surface area contributed by atoms with Crippen molar-refractivity contribution in [3.05, 3.63) is 55.0 Å². The van der Waals surface area contributed by atoms with Gasteiger partial charge in [0, 0.05) is 21.9 Å². The molecule has 21 heavy (non-hydrogen) atoms. The summed E-state index contributed by atoms with van der Waals surface area (Å²) in [5.41, 5.74) is 1.52. The summed E-state index contributed by atoms with van der Waals surface area (Å²) in [6.07, 6.45) is 0.439. The van der Waals surface area contributed by atoms with Crippen molar-refractivity contribution in [2.45, 2.75) is 32.6 Å². The topological polar surface area (TPSA) is 25.8 Å². The van der Waals surface area contributed by atoms with E-state index in [0.29, 0.717) is 27.4 Å². The second kappa shape index (κ2) is 6.41. The molecule has 0 saturated heterocycles. The Hall–Kier alpha value is -0.350. The van der Waals surface area contributed by atoms with Crippen LogP contribution in [0.5, 0.6) is 0 Å². The number of aromatic nitrogens is 2. The second-order valence-electron chi connectivity index (χ2n) is 5.72. The normalized spacial score (nSPS) is 11.8. The Morgan fingerprint density at radius 2 is 1.62 bits per heavy atom. The SMILES string of the molecule is CC(C)(C)c1nc(Cc2c(Cl)cccc2Cl)nc(Cl)c1Br. The molecule has 0 aliphatic carbocycles. The third kappa shape index (κ3) is 3.89. The highest BCUT2D eigenvalue weighted by Gasteiger charge is 2.23. The number of halogens is 4. The third-order valence-electron chi connectivity index (χ3n) is 2.96. The monoisotopic (exact) mass is 406 g/mol. The maximum Gasteiger partial charge on any atom is 0.147 e. The molecule has 0 N–H and O–H groups in total. The van der Waals surface area contributed by atoms with Crippen molar-refractivity contribution in [2.24, 2.45) is 0 Å². The van der Waals surface area contributed by atoms with Gasteiger partial charge in [0.1, 0.15) is 11.0 Å². The Bertz CT molecular complexity index is 661. The lowest BCUT2D eigenvalue weighted by Gasteiger charge is -2.20. The van der Waals surface area contributed by atoms with Crippen molar-refractivity contribution in [1.82, 2.24) is 9.97 Å². The van der Waals surface area contributed by atoms with Crippen LogP contribution in [0.2, 0.25) is 15.2 Å². The summed E-state index contributed by atoms with van der Waals surface area (Å²) in [4.78, 5) is 8.94. The van der Waals surface area contributed by atoms with Crippen LogP contribution in [0.25, 0.3) is 0 Å². The average Bonchev–Trinajstić information content (AvgIpc) is 2.36. The lowest BCUT2D eigenvalue weighted by molar-refractivity contribution is 0.559. The van der Waals surface area contributed by atoms with E-state index >= 15 is 0 Å². The number of rotatable bonds is 2. The molecule has 2 rings (SSSR count). The van der Waals surface area contributed by atoms with E-state index < -0.39 is 0 Å². The lowest BCUT2D eigenvalue weighted by Crippen LogP contribution is -2.17. The lowest BCUT2D eigenvalue weighted by atomic mass is 9.92. The zero-order chi connectivity index (χ0) is 15.8. The fourth-order valence-corrected chi connectivity index (χ4v) is 3.39. The zero-order valence-electron chi connectivity index (χ0n) is 11.8. The Balaban J connectivity index is 2.49. The minimum Gasteiger partial charge on any atom is -0.236 e. The van der Waals surface area contributed by atoms with Crippen molar-refractivity contribution in [1.29, 1.82) is 0 Å². The van der Waals surface area contributed by atoms with Crippen LogP contribution in [0.1, 0.15) is 37.9 Å². The van der Waals surface area contributed by atoms with E-state index in [4.69, 9.17) is 34.8 Å². The highest BCUT2D eigenvalue weighted by Crippen LogP contribution is 2.33. The molecule has 2 nitrogen and oxygen atoms in total. The third-order valence-corrected chi connectivity index (χ3v) is 4.93. The first-order valence-electron chi connectivity index (χ1n) is 6.35. The van der Waals surface area contributed by atoms with Crippen LogP contribution in [-0.2, 0) is 11.8 Å². The molecule has 0 aliphatic rings. The smallest absolute Gasteiger partial charge is 0.147 e. The maximum atomic E-state index is 6.21. The van der Waals surface area contributed by atoms with Gasteiger partial charge in [-0.2, -0.15) is 0 Å². The summed E-state index contributed by atoms with van der Waals surface area (Å²) in [6.45, 7) is 6.22. The van der Waals surface area contributed by atoms with E-state index in [2.05, 4.69) is 46.7 Å². The number of hydrogen-bond donors (Lipinski definition) is 0. The number of hydrogen-bond acceptors (Lipinski definition) is 2. The molecule has 0 spiro atoms. The van der Waals surface area contributed by atoms with Gasteiger partial charge >= 0.3 is 0 Å². The van der Waals surface area contributed by atoms with Gasteiger partial charge in [0.2, 0.25) is 0 Å². The Kier molecular flexibility index (Phi) is 5.19. The van der Waals surface area contributed by atoms with Gasteiger partial charge in [-0.15, -0.1) is 0 Å². The van der Waals surface area contributed by atoms with Crippen molar-refractivity contribution in [3.63, 3.8) is 0 Å². The van der Waals surface area contributed by atoms with Crippen molar-refractivity contribution in [2.75, 3.05) is 0 Å². The molecule has 1 aromatic carbocycles. The van der Waals surface area contributed by atoms with Crippen LogP contribution < -0.4 is 0 Å². The highest BCUT2D eigenvalue weighted by atomic mass is 79.9. The Morgan fingerprint density at radius 1 is 1.05 bits per heavy atom. The van der Waals surface area contributed by atoms with Gasteiger partial charge in [0.25, 0.3) is 0 Å². The largest absolute Gasteiger partial charge is 0.236 e. The first-order valence-corrected chi connectivity index (χ1v) is 8.28. The fraction of sp³-hybridized carbons (Fsp3) is 0.333. The molecule has 0 atom stereocenters. The average molecular weight is 409 g/mol. The summed E-state index contributed by atoms with van der Waals surface area (Å²) in [7, 11) is 0. The Morgan fingerprint density at radius 3 is 2.14 bits per heavy atom. The quantitative estimate of drug-likeness (QED) is 0.562. The molecule has 0 bridgehead atoms. The molecule has 1 aromatic heterocycles. The molecule has 6 heteroatoms. The first-order chi connectivity index (χ1) is 9.70. The first kappa shape index (κ1) is 17.0. The summed E-state index contributed by atoms with van der Waals surface area (Å²) in [5.74, 6) is 0.600. The van der Waals surface area contributed by atoms with E-state index in [9.17, 15) is 0 Å². The summed E-state index contributed by atoms with van der Waals surface area (Å²) in [5, 5.41) is 1.60. The van der Waals surface area contributed by atoms with E-state index in [1.54, 1.807) is 12.1 Å². The van der Waals surface area contributed by atoms with Crippen LogP contribution >= 0.6 is 50.7 Å². The van der Waals surface area contributed by atoms with Crippen LogP contribution in [-0.4, -0.2) is 9.97 Å². The van der Waals surface area contributed by atoms with Crippen molar-refractivity contribution in [3.8, 4) is 0 Å². The van der Waals surface area contributed by atoms with E-state index in [1.807, 2.05) is 6.07 Å². The summed E-state index contributed by atoms with van der Waals surface area (Å²) >= 11 is 22.1. The van der Waals surface area contributed by atoms with Gasteiger partial charge in [0.15, 0.2) is 0 Å². The van der Waals surface area contributed by atoms with Gasteiger partial charge < -0.3 is 0 Å². The Labute approximate surface area is 148 Å². The van der Waals surface area contributed by atoms with Gasteiger partial charge in [-0.3, -0.25) is 0 Å². The van der Waals surface area contributed by atoms with Crippen molar-refractivity contribution < 1.29 is 0 Å². The summed E-state index contributed by atoms with van der Waals surface area (Å²) < 4.78 is 0.727. The predicted octanol–water partition coefficient (Wildman–Crippen LogP) is 6.09. The minimum atomic E-state index is -0.148. The van der Waals surface area contributed by atoms with E-state index in [0.717, 1.165) is 15.7 Å². The van der Waals surface area contributed by atoms with Gasteiger partial charge in [-0.05, 0) is 33.6 Å². The molecule has 0 unspecified atom stereocenters. The standard InChI is InChI=1S/C15H14BrCl3N2/c1-15(2,3)13-12(16)14(19)21-11(20-13)7-8-9(17)5-4-6-10(8)18/h4-6H,7H2,1-3H3. The van der Waals surface area contributed by atoms with Crippen LogP contribution in [0.15, 0.2) is 22.7 Å². The molecule has 1 heterocycles.